The summed E-state index contributed by atoms with van der Waals surface area (Å²) in [4.78, 5) is 10.8. The SMILES string of the molecule is CCC1CCCN1c1nc(NC)ncc1Cl. The van der Waals surface area contributed by atoms with Crippen LogP contribution in [-0.4, -0.2) is 29.6 Å². The van der Waals surface area contributed by atoms with Gasteiger partial charge in [0.25, 0.3) is 0 Å². The second-order valence-corrected chi connectivity index (χ2v) is 4.42. The van der Waals surface area contributed by atoms with Gasteiger partial charge in [0.2, 0.25) is 5.95 Å². The molecule has 1 N–H and O–H groups in total. The first-order valence-electron chi connectivity index (χ1n) is 5.73. The van der Waals surface area contributed by atoms with E-state index in [0.717, 1.165) is 18.8 Å². The summed E-state index contributed by atoms with van der Waals surface area (Å²) in [6, 6.07) is 0.567. The normalized spacial score (nSPS) is 20.2. The van der Waals surface area contributed by atoms with Crippen molar-refractivity contribution in [3.05, 3.63) is 11.2 Å². The Morgan fingerprint density at radius 2 is 2.44 bits per heavy atom. The van der Waals surface area contributed by atoms with Gasteiger partial charge in [0.05, 0.1) is 6.20 Å². The van der Waals surface area contributed by atoms with Crippen molar-refractivity contribution in [3.63, 3.8) is 0 Å². The average Bonchev–Trinajstić information content (AvgIpc) is 2.77. The standard InChI is InChI=1S/C11H17ClN4/c1-3-8-5-4-6-16(8)10-9(12)7-14-11(13-2)15-10/h7-8H,3-6H2,1-2H3,(H,13,14,15). The smallest absolute Gasteiger partial charge is 0.224 e. The number of hydrogen-bond donors (Lipinski definition) is 1. The Bertz CT molecular complexity index is 369. The van der Waals surface area contributed by atoms with Crippen LogP contribution in [0.3, 0.4) is 0 Å². The zero-order valence-corrected chi connectivity index (χ0v) is 10.5. The fourth-order valence-electron chi connectivity index (χ4n) is 2.22. The molecule has 1 unspecified atom stereocenters. The molecular formula is C11H17ClN4. The summed E-state index contributed by atoms with van der Waals surface area (Å²) in [5.74, 6) is 1.49. The van der Waals surface area contributed by atoms with Crippen LogP contribution in [0.25, 0.3) is 0 Å². The van der Waals surface area contributed by atoms with E-state index in [1.54, 1.807) is 6.20 Å². The number of hydrogen-bond acceptors (Lipinski definition) is 4. The lowest BCUT2D eigenvalue weighted by Gasteiger charge is -2.25. The van der Waals surface area contributed by atoms with E-state index >= 15 is 0 Å². The number of rotatable bonds is 3. The highest BCUT2D eigenvalue weighted by atomic mass is 35.5. The number of halogens is 1. The van der Waals surface area contributed by atoms with Crippen LogP contribution >= 0.6 is 11.6 Å². The number of aromatic nitrogens is 2. The summed E-state index contributed by atoms with van der Waals surface area (Å²) in [6.07, 6.45) is 5.25. The second-order valence-electron chi connectivity index (χ2n) is 4.01. The summed E-state index contributed by atoms with van der Waals surface area (Å²) in [5, 5.41) is 3.58. The summed E-state index contributed by atoms with van der Waals surface area (Å²) in [6.45, 7) is 3.25. The van der Waals surface area contributed by atoms with Crippen molar-refractivity contribution < 1.29 is 0 Å². The van der Waals surface area contributed by atoms with Crippen molar-refractivity contribution in [2.75, 3.05) is 23.8 Å². The molecule has 2 rings (SSSR count). The van der Waals surface area contributed by atoms with Gasteiger partial charge in [-0.25, -0.2) is 4.98 Å². The van der Waals surface area contributed by atoms with E-state index in [1.165, 1.54) is 12.8 Å². The Morgan fingerprint density at radius 3 is 3.12 bits per heavy atom. The van der Waals surface area contributed by atoms with E-state index < -0.39 is 0 Å². The molecule has 5 heteroatoms. The van der Waals surface area contributed by atoms with Gasteiger partial charge >= 0.3 is 0 Å². The highest BCUT2D eigenvalue weighted by Gasteiger charge is 2.26. The van der Waals surface area contributed by atoms with Crippen molar-refractivity contribution in [1.82, 2.24) is 9.97 Å². The maximum atomic E-state index is 6.16. The molecule has 1 saturated heterocycles. The minimum atomic E-state index is 0.567. The summed E-state index contributed by atoms with van der Waals surface area (Å²) in [7, 11) is 1.81. The van der Waals surface area contributed by atoms with Crippen LogP contribution in [0.5, 0.6) is 0 Å². The molecule has 0 amide bonds. The quantitative estimate of drug-likeness (QED) is 0.882. The molecule has 4 nitrogen and oxygen atoms in total. The fourth-order valence-corrected chi connectivity index (χ4v) is 2.42. The third-order valence-electron chi connectivity index (χ3n) is 3.07. The van der Waals surface area contributed by atoms with Crippen LogP contribution in [0.2, 0.25) is 5.02 Å². The Labute approximate surface area is 101 Å². The largest absolute Gasteiger partial charge is 0.357 e. The molecule has 1 atom stereocenters. The maximum Gasteiger partial charge on any atom is 0.224 e. The summed E-state index contributed by atoms with van der Waals surface area (Å²) in [5.41, 5.74) is 0. The van der Waals surface area contributed by atoms with Gasteiger partial charge < -0.3 is 10.2 Å². The first-order valence-corrected chi connectivity index (χ1v) is 6.11. The Balaban J connectivity index is 2.31. The maximum absolute atomic E-state index is 6.16. The van der Waals surface area contributed by atoms with Crippen molar-refractivity contribution in [2.45, 2.75) is 32.2 Å². The molecule has 0 aliphatic carbocycles. The van der Waals surface area contributed by atoms with Gasteiger partial charge in [0.15, 0.2) is 5.82 Å². The minimum Gasteiger partial charge on any atom is -0.357 e. The number of nitrogens with zero attached hydrogens (tertiary/aromatic N) is 3. The van der Waals surface area contributed by atoms with Gasteiger partial charge in [-0.05, 0) is 19.3 Å². The number of anilines is 2. The van der Waals surface area contributed by atoms with Crippen LogP contribution < -0.4 is 10.2 Å². The van der Waals surface area contributed by atoms with Crippen LogP contribution in [0.15, 0.2) is 6.20 Å². The lowest BCUT2D eigenvalue weighted by Crippen LogP contribution is -2.29. The monoisotopic (exact) mass is 240 g/mol. The predicted octanol–water partition coefficient (Wildman–Crippen LogP) is 2.55. The Morgan fingerprint density at radius 1 is 1.62 bits per heavy atom. The predicted molar refractivity (Wildman–Crippen MR) is 67.2 cm³/mol. The molecule has 1 aromatic heterocycles. The van der Waals surface area contributed by atoms with E-state index in [4.69, 9.17) is 11.6 Å². The molecule has 0 saturated carbocycles. The topological polar surface area (TPSA) is 41.1 Å². The van der Waals surface area contributed by atoms with Gasteiger partial charge in [0, 0.05) is 19.6 Å². The molecule has 0 spiro atoms. The van der Waals surface area contributed by atoms with E-state index in [-0.39, 0.29) is 0 Å². The molecule has 0 bridgehead atoms. The van der Waals surface area contributed by atoms with E-state index in [1.807, 2.05) is 7.05 Å². The molecule has 2 heterocycles. The molecule has 1 aliphatic heterocycles. The average molecular weight is 241 g/mol. The van der Waals surface area contributed by atoms with Crippen molar-refractivity contribution >= 4 is 23.4 Å². The van der Waals surface area contributed by atoms with Gasteiger partial charge in [0.1, 0.15) is 5.02 Å². The highest BCUT2D eigenvalue weighted by molar-refractivity contribution is 6.32. The van der Waals surface area contributed by atoms with E-state index in [2.05, 4.69) is 27.1 Å². The Kier molecular flexibility index (Phi) is 3.49. The molecular weight excluding hydrogens is 224 g/mol. The molecule has 16 heavy (non-hydrogen) atoms. The van der Waals surface area contributed by atoms with Crippen LogP contribution in [0, 0.1) is 0 Å². The molecule has 0 aromatic carbocycles. The summed E-state index contributed by atoms with van der Waals surface area (Å²) >= 11 is 6.16. The third-order valence-corrected chi connectivity index (χ3v) is 3.34. The zero-order valence-electron chi connectivity index (χ0n) is 9.70. The van der Waals surface area contributed by atoms with Gasteiger partial charge in [-0.3, -0.25) is 0 Å². The van der Waals surface area contributed by atoms with E-state index in [0.29, 0.717) is 17.0 Å². The van der Waals surface area contributed by atoms with Crippen LogP contribution in [0.4, 0.5) is 11.8 Å². The van der Waals surface area contributed by atoms with Crippen molar-refractivity contribution in [3.8, 4) is 0 Å². The van der Waals surface area contributed by atoms with Crippen LogP contribution in [-0.2, 0) is 0 Å². The molecule has 88 valence electrons. The molecule has 1 aliphatic rings. The third kappa shape index (κ3) is 2.07. The molecule has 1 fully saturated rings. The van der Waals surface area contributed by atoms with E-state index in [9.17, 15) is 0 Å². The van der Waals surface area contributed by atoms with Gasteiger partial charge in [-0.2, -0.15) is 4.98 Å². The second kappa shape index (κ2) is 4.87. The fraction of sp³-hybridized carbons (Fsp3) is 0.636. The molecule has 1 aromatic rings. The lowest BCUT2D eigenvalue weighted by molar-refractivity contribution is 0.640. The van der Waals surface area contributed by atoms with Gasteiger partial charge in [-0.15, -0.1) is 0 Å². The zero-order chi connectivity index (χ0) is 11.5. The molecule has 0 radical (unpaired) electrons. The van der Waals surface area contributed by atoms with Crippen molar-refractivity contribution in [2.24, 2.45) is 0 Å². The number of nitrogens with one attached hydrogen (secondary N) is 1. The minimum absolute atomic E-state index is 0.567. The lowest BCUT2D eigenvalue weighted by atomic mass is 10.2. The van der Waals surface area contributed by atoms with Gasteiger partial charge in [-0.1, -0.05) is 18.5 Å². The highest BCUT2D eigenvalue weighted by Crippen LogP contribution is 2.31. The van der Waals surface area contributed by atoms with Crippen molar-refractivity contribution in [1.29, 1.82) is 0 Å². The Hall–Kier alpha value is -1.03. The first kappa shape index (κ1) is 11.5. The summed E-state index contributed by atoms with van der Waals surface area (Å²) < 4.78 is 0. The van der Waals surface area contributed by atoms with Crippen LogP contribution in [0.1, 0.15) is 26.2 Å². The first-order chi connectivity index (χ1) is 7.76.